The minimum Gasteiger partial charge on any atom is -0.508 e. The Balaban J connectivity index is 1.69. The van der Waals surface area contributed by atoms with Crippen LogP contribution in [0.25, 0.3) is 11.0 Å². The third-order valence-corrected chi connectivity index (χ3v) is 5.01. The number of nitrogens with one attached hydrogen (secondary N) is 1. The molecule has 148 valence electrons. The fourth-order valence-corrected chi connectivity index (χ4v) is 3.62. The van der Waals surface area contributed by atoms with Crippen molar-refractivity contribution in [1.29, 1.82) is 0 Å². The number of carbonyl (C=O) groups excluding carboxylic acids is 2. The Morgan fingerprint density at radius 2 is 1.80 bits per heavy atom. The number of hydrogen-bond acceptors (Lipinski definition) is 6. The number of amides is 1. The Labute approximate surface area is 169 Å². The molecule has 1 unspecified atom stereocenters. The van der Waals surface area contributed by atoms with Gasteiger partial charge in [-0.3, -0.25) is 14.5 Å². The SMILES string of the molecule is O=C(C1=C(O)C(=O)N(c2nc3ccccc3[nH]2)C1c1ccc(O)cc1)c1ccco1. The van der Waals surface area contributed by atoms with E-state index < -0.39 is 23.5 Å². The van der Waals surface area contributed by atoms with E-state index in [1.165, 1.54) is 29.4 Å². The maximum atomic E-state index is 13.1. The molecular formula is C22H15N3O5. The molecule has 2 aromatic heterocycles. The summed E-state index contributed by atoms with van der Waals surface area (Å²) in [4.78, 5) is 34.9. The van der Waals surface area contributed by atoms with Crippen molar-refractivity contribution in [2.45, 2.75) is 6.04 Å². The predicted octanol–water partition coefficient (Wildman–Crippen LogP) is 3.64. The number of nitrogens with zero attached hydrogens (tertiary/aromatic N) is 2. The number of aliphatic hydroxyl groups excluding tert-OH is 1. The Bertz CT molecular complexity index is 1270. The number of aliphatic hydroxyl groups is 1. The molecule has 5 rings (SSSR count). The van der Waals surface area contributed by atoms with Crippen LogP contribution in [-0.2, 0) is 4.79 Å². The summed E-state index contributed by atoms with van der Waals surface area (Å²) < 4.78 is 5.20. The smallest absolute Gasteiger partial charge is 0.296 e. The van der Waals surface area contributed by atoms with Crippen molar-refractivity contribution in [3.8, 4) is 5.75 Å². The van der Waals surface area contributed by atoms with E-state index in [4.69, 9.17) is 4.42 Å². The van der Waals surface area contributed by atoms with Crippen LogP contribution in [-0.4, -0.2) is 31.9 Å². The van der Waals surface area contributed by atoms with E-state index in [0.717, 1.165) is 0 Å². The normalized spacial score (nSPS) is 16.6. The standard InChI is InChI=1S/C22H15N3O5/c26-13-9-7-12(8-10-13)18-17(19(27)16-6-3-11-30-16)20(28)21(29)25(18)22-23-14-4-1-2-5-15(14)24-22/h1-11,18,26,28H,(H,23,24). The van der Waals surface area contributed by atoms with Crippen LogP contribution in [0, 0.1) is 0 Å². The molecule has 0 saturated heterocycles. The predicted molar refractivity (Wildman–Crippen MR) is 107 cm³/mol. The number of phenolic OH excluding ortho intramolecular Hbond substituents is 1. The first kappa shape index (κ1) is 17.7. The number of aromatic nitrogens is 2. The summed E-state index contributed by atoms with van der Waals surface area (Å²) in [6, 6.07) is 15.3. The maximum absolute atomic E-state index is 13.1. The molecule has 3 N–H and O–H groups in total. The number of furan rings is 1. The summed E-state index contributed by atoms with van der Waals surface area (Å²) in [5, 5.41) is 20.3. The van der Waals surface area contributed by atoms with Crippen LogP contribution in [0.1, 0.15) is 22.2 Å². The van der Waals surface area contributed by atoms with Gasteiger partial charge in [-0.25, -0.2) is 4.98 Å². The number of ketones is 1. The van der Waals surface area contributed by atoms with Gasteiger partial charge in [0.05, 0.1) is 28.9 Å². The van der Waals surface area contributed by atoms with Gasteiger partial charge in [0.25, 0.3) is 5.91 Å². The number of para-hydroxylation sites is 2. The second-order valence-electron chi connectivity index (χ2n) is 6.82. The average Bonchev–Trinajstić information content (AvgIpc) is 3.47. The van der Waals surface area contributed by atoms with E-state index in [1.807, 2.05) is 18.2 Å². The molecule has 30 heavy (non-hydrogen) atoms. The van der Waals surface area contributed by atoms with Gasteiger partial charge in [0.1, 0.15) is 5.75 Å². The molecule has 8 nitrogen and oxygen atoms in total. The summed E-state index contributed by atoms with van der Waals surface area (Å²) in [5.41, 5.74) is 1.73. The number of hydrogen-bond donors (Lipinski definition) is 3. The van der Waals surface area contributed by atoms with Crippen molar-refractivity contribution in [1.82, 2.24) is 9.97 Å². The number of fused-ring (bicyclic) bond motifs is 1. The number of H-pyrrole nitrogens is 1. The molecule has 1 aliphatic heterocycles. The lowest BCUT2D eigenvalue weighted by Gasteiger charge is -2.24. The van der Waals surface area contributed by atoms with Crippen molar-refractivity contribution < 1.29 is 24.2 Å². The van der Waals surface area contributed by atoms with Crippen LogP contribution in [0.3, 0.4) is 0 Å². The quantitative estimate of drug-likeness (QED) is 0.449. The first-order chi connectivity index (χ1) is 14.5. The van der Waals surface area contributed by atoms with Gasteiger partial charge in [0.15, 0.2) is 11.5 Å². The van der Waals surface area contributed by atoms with E-state index in [-0.39, 0.29) is 23.0 Å². The van der Waals surface area contributed by atoms with Crippen LogP contribution in [0.5, 0.6) is 5.75 Å². The number of Topliss-reactive ketones (excluding diaryl/α,β-unsaturated/α-hetero) is 1. The fraction of sp³-hybridized carbons (Fsp3) is 0.0455. The molecule has 0 aliphatic carbocycles. The lowest BCUT2D eigenvalue weighted by Crippen LogP contribution is -2.32. The number of imidazole rings is 1. The van der Waals surface area contributed by atoms with E-state index in [9.17, 15) is 19.8 Å². The lowest BCUT2D eigenvalue weighted by atomic mass is 9.95. The van der Waals surface area contributed by atoms with Crippen LogP contribution in [0.15, 0.2) is 82.7 Å². The second-order valence-corrected chi connectivity index (χ2v) is 6.82. The zero-order valence-corrected chi connectivity index (χ0v) is 15.4. The van der Waals surface area contributed by atoms with Gasteiger partial charge in [-0.2, -0.15) is 0 Å². The Kier molecular flexibility index (Phi) is 3.92. The highest BCUT2D eigenvalue weighted by Crippen LogP contribution is 2.41. The number of aromatic amines is 1. The lowest BCUT2D eigenvalue weighted by molar-refractivity contribution is -0.117. The Morgan fingerprint density at radius 3 is 2.50 bits per heavy atom. The molecule has 0 saturated carbocycles. The third-order valence-electron chi connectivity index (χ3n) is 5.01. The second kappa shape index (κ2) is 6.63. The molecule has 1 aliphatic rings. The third kappa shape index (κ3) is 2.66. The van der Waals surface area contributed by atoms with Gasteiger partial charge >= 0.3 is 0 Å². The van der Waals surface area contributed by atoms with Gasteiger partial charge in [0.2, 0.25) is 11.7 Å². The number of benzene rings is 2. The average molecular weight is 401 g/mol. The summed E-state index contributed by atoms with van der Waals surface area (Å²) in [6.07, 6.45) is 1.34. The van der Waals surface area contributed by atoms with Crippen molar-refractivity contribution >= 4 is 28.7 Å². The van der Waals surface area contributed by atoms with E-state index in [1.54, 1.807) is 24.3 Å². The maximum Gasteiger partial charge on any atom is 0.296 e. The number of rotatable bonds is 4. The highest BCUT2D eigenvalue weighted by atomic mass is 16.3. The number of phenols is 1. The van der Waals surface area contributed by atoms with Crippen LogP contribution < -0.4 is 4.90 Å². The molecule has 0 fully saturated rings. The Hall–Kier alpha value is -4.33. The van der Waals surface area contributed by atoms with Gasteiger partial charge in [-0.05, 0) is 42.0 Å². The zero-order chi connectivity index (χ0) is 20.8. The number of carbonyl (C=O) groups is 2. The highest BCUT2D eigenvalue weighted by Gasteiger charge is 2.46. The summed E-state index contributed by atoms with van der Waals surface area (Å²) >= 11 is 0. The molecule has 0 spiro atoms. The molecule has 3 heterocycles. The van der Waals surface area contributed by atoms with Crippen molar-refractivity contribution in [3.63, 3.8) is 0 Å². The molecule has 4 aromatic rings. The van der Waals surface area contributed by atoms with Gasteiger partial charge in [0, 0.05) is 0 Å². The first-order valence-electron chi connectivity index (χ1n) is 9.13. The van der Waals surface area contributed by atoms with E-state index in [2.05, 4.69) is 9.97 Å². The summed E-state index contributed by atoms with van der Waals surface area (Å²) in [5.74, 6) is -1.82. The minimum absolute atomic E-state index is 0.000385. The Morgan fingerprint density at radius 1 is 1.03 bits per heavy atom. The topological polar surface area (TPSA) is 120 Å². The molecule has 0 bridgehead atoms. The van der Waals surface area contributed by atoms with E-state index in [0.29, 0.717) is 16.6 Å². The first-order valence-corrected chi connectivity index (χ1v) is 9.13. The van der Waals surface area contributed by atoms with Crippen molar-refractivity contribution in [2.75, 3.05) is 4.90 Å². The fourth-order valence-electron chi connectivity index (χ4n) is 3.62. The number of aromatic hydroxyl groups is 1. The molecule has 0 radical (unpaired) electrons. The van der Waals surface area contributed by atoms with Crippen molar-refractivity contribution in [2.24, 2.45) is 0 Å². The highest BCUT2D eigenvalue weighted by molar-refractivity contribution is 6.19. The van der Waals surface area contributed by atoms with Crippen molar-refractivity contribution in [3.05, 3.63) is 89.6 Å². The largest absolute Gasteiger partial charge is 0.508 e. The molecule has 2 aromatic carbocycles. The van der Waals surface area contributed by atoms with E-state index >= 15 is 0 Å². The monoisotopic (exact) mass is 401 g/mol. The van der Waals surface area contributed by atoms with Gasteiger partial charge < -0.3 is 19.6 Å². The summed E-state index contributed by atoms with van der Waals surface area (Å²) in [6.45, 7) is 0. The summed E-state index contributed by atoms with van der Waals surface area (Å²) in [7, 11) is 0. The molecular weight excluding hydrogens is 386 g/mol. The minimum atomic E-state index is -0.962. The molecule has 1 amide bonds. The number of anilines is 1. The van der Waals surface area contributed by atoms with Gasteiger partial charge in [-0.15, -0.1) is 0 Å². The van der Waals surface area contributed by atoms with Crippen LogP contribution in [0.4, 0.5) is 5.95 Å². The zero-order valence-electron chi connectivity index (χ0n) is 15.4. The molecule has 1 atom stereocenters. The molecule has 8 heteroatoms. The van der Waals surface area contributed by atoms with Gasteiger partial charge in [-0.1, -0.05) is 24.3 Å². The van der Waals surface area contributed by atoms with Crippen LogP contribution >= 0.6 is 0 Å². The van der Waals surface area contributed by atoms with Crippen LogP contribution in [0.2, 0.25) is 0 Å².